The van der Waals surface area contributed by atoms with Gasteiger partial charge in [0.25, 0.3) is 0 Å². The number of hydrogen-bond donors (Lipinski definition) is 2. The maximum Gasteiger partial charge on any atom is 0.303 e. The molecule has 1 amide bonds. The predicted molar refractivity (Wildman–Crippen MR) is 82.8 cm³/mol. The molecule has 21 heavy (non-hydrogen) atoms. The van der Waals surface area contributed by atoms with Crippen LogP contribution in [0.25, 0.3) is 0 Å². The largest absolute Gasteiger partial charge is 0.481 e. The van der Waals surface area contributed by atoms with E-state index in [4.69, 9.17) is 5.11 Å². The lowest BCUT2D eigenvalue weighted by Gasteiger charge is -2.19. The minimum absolute atomic E-state index is 0.0469. The van der Waals surface area contributed by atoms with Crippen molar-refractivity contribution in [3.05, 3.63) is 35.9 Å². The van der Waals surface area contributed by atoms with Gasteiger partial charge in [-0.1, -0.05) is 44.2 Å². The number of carboxylic acids is 1. The number of carbonyl (C=O) groups excluding carboxylic acids is 1. The molecule has 0 bridgehead atoms. The summed E-state index contributed by atoms with van der Waals surface area (Å²) in [7, 11) is 0. The summed E-state index contributed by atoms with van der Waals surface area (Å²) >= 11 is 0. The number of aliphatic carboxylic acids is 1. The van der Waals surface area contributed by atoms with Gasteiger partial charge in [0.2, 0.25) is 5.91 Å². The van der Waals surface area contributed by atoms with Crippen molar-refractivity contribution in [3.8, 4) is 0 Å². The molecular formula is C17H25NO3. The fourth-order valence-corrected chi connectivity index (χ4v) is 2.54. The lowest BCUT2D eigenvalue weighted by Crippen LogP contribution is -2.29. The van der Waals surface area contributed by atoms with E-state index in [0.717, 1.165) is 12.0 Å². The molecule has 4 nitrogen and oxygen atoms in total. The lowest BCUT2D eigenvalue weighted by molar-refractivity contribution is -0.138. The van der Waals surface area contributed by atoms with Crippen molar-refractivity contribution in [1.29, 1.82) is 0 Å². The molecule has 4 heteroatoms. The fourth-order valence-electron chi connectivity index (χ4n) is 2.54. The molecule has 1 rings (SSSR count). The van der Waals surface area contributed by atoms with E-state index in [1.165, 1.54) is 0 Å². The molecule has 2 atom stereocenters. The van der Waals surface area contributed by atoms with Gasteiger partial charge in [-0.05, 0) is 30.7 Å². The second kappa shape index (κ2) is 8.45. The van der Waals surface area contributed by atoms with Crippen LogP contribution in [0.15, 0.2) is 30.3 Å². The Morgan fingerprint density at radius 1 is 1.10 bits per heavy atom. The quantitative estimate of drug-likeness (QED) is 0.771. The highest BCUT2D eigenvalue weighted by atomic mass is 16.4. The summed E-state index contributed by atoms with van der Waals surface area (Å²) in [6, 6.07) is 9.67. The predicted octanol–water partition coefficient (Wildman–Crippen LogP) is 3.39. The molecule has 0 aliphatic rings. The van der Waals surface area contributed by atoms with Gasteiger partial charge in [-0.25, -0.2) is 0 Å². The van der Waals surface area contributed by atoms with Crippen molar-refractivity contribution in [2.45, 2.75) is 46.1 Å². The van der Waals surface area contributed by atoms with Gasteiger partial charge >= 0.3 is 5.97 Å². The Bertz CT molecular complexity index is 456. The number of carboxylic acid groups (broad SMARTS) is 1. The van der Waals surface area contributed by atoms with E-state index in [9.17, 15) is 9.59 Å². The Balaban J connectivity index is 2.55. The van der Waals surface area contributed by atoms with Gasteiger partial charge in [0.05, 0.1) is 6.04 Å². The second-order valence-electron chi connectivity index (χ2n) is 6.00. The zero-order valence-corrected chi connectivity index (χ0v) is 13.0. The van der Waals surface area contributed by atoms with Crippen LogP contribution in [-0.4, -0.2) is 17.0 Å². The molecule has 0 unspecified atom stereocenters. The Morgan fingerprint density at radius 3 is 2.24 bits per heavy atom. The van der Waals surface area contributed by atoms with E-state index in [1.54, 1.807) is 0 Å². The lowest BCUT2D eigenvalue weighted by atomic mass is 9.91. The molecule has 0 saturated carbocycles. The van der Waals surface area contributed by atoms with E-state index in [0.29, 0.717) is 5.92 Å². The summed E-state index contributed by atoms with van der Waals surface area (Å²) < 4.78 is 0. The van der Waals surface area contributed by atoms with Crippen LogP contribution < -0.4 is 5.32 Å². The smallest absolute Gasteiger partial charge is 0.303 e. The SMILES string of the molecule is CC(C)C[C@H](CC(=O)O)CC(=O)N[C@H](C)c1ccccc1. The van der Waals surface area contributed by atoms with E-state index >= 15 is 0 Å². The van der Waals surface area contributed by atoms with Gasteiger partial charge < -0.3 is 10.4 Å². The minimum atomic E-state index is -0.843. The van der Waals surface area contributed by atoms with Crippen molar-refractivity contribution >= 4 is 11.9 Å². The van der Waals surface area contributed by atoms with Crippen LogP contribution in [-0.2, 0) is 9.59 Å². The topological polar surface area (TPSA) is 66.4 Å². The van der Waals surface area contributed by atoms with Gasteiger partial charge in [-0.3, -0.25) is 9.59 Å². The summed E-state index contributed by atoms with van der Waals surface area (Å²) in [5.41, 5.74) is 1.05. The molecule has 2 N–H and O–H groups in total. The molecule has 0 radical (unpaired) electrons. The zero-order chi connectivity index (χ0) is 15.8. The van der Waals surface area contributed by atoms with Gasteiger partial charge in [0, 0.05) is 12.8 Å². The highest BCUT2D eigenvalue weighted by Gasteiger charge is 2.19. The van der Waals surface area contributed by atoms with Crippen molar-refractivity contribution in [2.75, 3.05) is 0 Å². The number of nitrogens with one attached hydrogen (secondary N) is 1. The maximum atomic E-state index is 12.1. The fraction of sp³-hybridized carbons (Fsp3) is 0.529. The summed E-state index contributed by atoms with van der Waals surface area (Å²) in [6.45, 7) is 6.01. The van der Waals surface area contributed by atoms with Crippen LogP contribution in [0.5, 0.6) is 0 Å². The molecule has 0 heterocycles. The number of benzene rings is 1. The Labute approximate surface area is 126 Å². The van der Waals surface area contributed by atoms with Crippen molar-refractivity contribution in [2.24, 2.45) is 11.8 Å². The number of amides is 1. The van der Waals surface area contributed by atoms with E-state index in [-0.39, 0.29) is 30.7 Å². The molecule has 0 aliphatic carbocycles. The first kappa shape index (κ1) is 17.2. The zero-order valence-electron chi connectivity index (χ0n) is 13.0. The second-order valence-corrected chi connectivity index (χ2v) is 6.00. The Morgan fingerprint density at radius 2 is 1.71 bits per heavy atom. The number of carbonyl (C=O) groups is 2. The van der Waals surface area contributed by atoms with E-state index in [1.807, 2.05) is 51.1 Å². The summed E-state index contributed by atoms with van der Waals surface area (Å²) in [5.74, 6) is -0.651. The molecule has 0 fully saturated rings. The minimum Gasteiger partial charge on any atom is -0.481 e. The van der Waals surface area contributed by atoms with E-state index in [2.05, 4.69) is 5.32 Å². The molecule has 1 aromatic rings. The van der Waals surface area contributed by atoms with Gasteiger partial charge in [-0.2, -0.15) is 0 Å². The third-order valence-electron chi connectivity index (χ3n) is 3.42. The number of hydrogen-bond acceptors (Lipinski definition) is 2. The van der Waals surface area contributed by atoms with Crippen LogP contribution in [0.1, 0.15) is 51.6 Å². The Kier molecular flexibility index (Phi) is 6.92. The molecule has 0 spiro atoms. The molecule has 116 valence electrons. The van der Waals surface area contributed by atoms with Crippen molar-refractivity contribution in [1.82, 2.24) is 5.32 Å². The average Bonchev–Trinajstić information content (AvgIpc) is 2.37. The first-order valence-electron chi connectivity index (χ1n) is 7.44. The van der Waals surface area contributed by atoms with Crippen LogP contribution >= 0.6 is 0 Å². The molecule has 0 aromatic heterocycles. The molecular weight excluding hydrogens is 266 g/mol. The van der Waals surface area contributed by atoms with Crippen LogP contribution in [0.3, 0.4) is 0 Å². The Hall–Kier alpha value is -1.84. The summed E-state index contributed by atoms with van der Waals surface area (Å²) in [4.78, 5) is 23.0. The highest BCUT2D eigenvalue weighted by Crippen LogP contribution is 2.20. The first-order valence-corrected chi connectivity index (χ1v) is 7.44. The summed E-state index contributed by atoms with van der Waals surface area (Å²) in [5, 5.41) is 11.9. The third kappa shape index (κ3) is 6.93. The average molecular weight is 291 g/mol. The van der Waals surface area contributed by atoms with Crippen LogP contribution in [0.4, 0.5) is 0 Å². The van der Waals surface area contributed by atoms with Gasteiger partial charge in [-0.15, -0.1) is 0 Å². The molecule has 1 aromatic carbocycles. The summed E-state index contributed by atoms with van der Waals surface area (Å²) in [6.07, 6.45) is 1.06. The van der Waals surface area contributed by atoms with Crippen LogP contribution in [0, 0.1) is 11.8 Å². The van der Waals surface area contributed by atoms with E-state index < -0.39 is 5.97 Å². The van der Waals surface area contributed by atoms with Crippen molar-refractivity contribution < 1.29 is 14.7 Å². The third-order valence-corrected chi connectivity index (χ3v) is 3.42. The normalized spacial score (nSPS) is 13.7. The number of rotatable bonds is 8. The van der Waals surface area contributed by atoms with Gasteiger partial charge in [0.15, 0.2) is 0 Å². The highest BCUT2D eigenvalue weighted by molar-refractivity contribution is 5.77. The molecule has 0 aliphatic heterocycles. The molecule has 0 saturated heterocycles. The van der Waals surface area contributed by atoms with Crippen molar-refractivity contribution in [3.63, 3.8) is 0 Å². The maximum absolute atomic E-state index is 12.1. The standard InChI is InChI=1S/C17H25NO3/c1-12(2)9-14(11-17(20)21)10-16(19)18-13(3)15-7-5-4-6-8-15/h4-8,12-14H,9-11H2,1-3H3,(H,18,19)(H,20,21)/t13-,14+/m1/s1. The van der Waals surface area contributed by atoms with Gasteiger partial charge in [0.1, 0.15) is 0 Å². The van der Waals surface area contributed by atoms with Crippen LogP contribution in [0.2, 0.25) is 0 Å². The first-order chi connectivity index (χ1) is 9.88. The monoisotopic (exact) mass is 291 g/mol.